The number of thioether (sulfide) groups is 1. The number of carbonyl (C=O) groups excluding carboxylic acids is 2. The van der Waals surface area contributed by atoms with E-state index in [9.17, 15) is 18.8 Å². The molecule has 38 heavy (non-hydrogen) atoms. The molecule has 0 aliphatic carbocycles. The molecule has 0 aliphatic heterocycles. The first-order valence-corrected chi connectivity index (χ1v) is 12.6. The summed E-state index contributed by atoms with van der Waals surface area (Å²) in [5.74, 6) is -0.625. The van der Waals surface area contributed by atoms with Gasteiger partial charge >= 0.3 is 5.97 Å². The van der Waals surface area contributed by atoms with E-state index in [2.05, 4.69) is 25.3 Å². The van der Waals surface area contributed by atoms with E-state index in [1.165, 1.54) is 37.3 Å². The minimum atomic E-state index is -0.439. The van der Waals surface area contributed by atoms with Gasteiger partial charge in [-0.3, -0.25) is 9.59 Å². The first kappa shape index (κ1) is 26.7. The van der Waals surface area contributed by atoms with Gasteiger partial charge in [0.2, 0.25) is 5.91 Å². The number of aromatic nitrogens is 4. The Bertz CT molecular complexity index is 1460. The summed E-state index contributed by atoms with van der Waals surface area (Å²) in [6.45, 7) is 0.234. The zero-order chi connectivity index (χ0) is 26.9. The Morgan fingerprint density at radius 3 is 2.37 bits per heavy atom. The molecule has 0 aliphatic rings. The lowest BCUT2D eigenvalue weighted by atomic mass is 10.1. The molecule has 1 amide bonds. The number of halogens is 1. The van der Waals surface area contributed by atoms with Crippen molar-refractivity contribution in [3.63, 3.8) is 0 Å². The highest BCUT2D eigenvalue weighted by Crippen LogP contribution is 2.20. The van der Waals surface area contributed by atoms with E-state index in [4.69, 9.17) is 4.74 Å². The lowest BCUT2D eigenvalue weighted by molar-refractivity contribution is -0.120. The highest BCUT2D eigenvalue weighted by atomic mass is 32.2. The van der Waals surface area contributed by atoms with Crippen LogP contribution in [0.25, 0.3) is 0 Å². The average Bonchev–Trinajstić information content (AvgIpc) is 2.94. The number of nitrogens with zero attached hydrogens (tertiary/aromatic N) is 3. The molecule has 0 unspecified atom stereocenters. The van der Waals surface area contributed by atoms with E-state index >= 15 is 0 Å². The second-order valence-electron chi connectivity index (χ2n) is 8.28. The third kappa shape index (κ3) is 7.32. The first-order valence-electron chi connectivity index (χ1n) is 11.6. The molecule has 2 heterocycles. The molecule has 4 aromatic rings. The predicted octanol–water partition coefficient (Wildman–Crippen LogP) is 3.23. The molecule has 0 bridgehead atoms. The van der Waals surface area contributed by atoms with Crippen LogP contribution in [0.1, 0.15) is 38.3 Å². The molecule has 0 saturated carbocycles. The highest BCUT2D eigenvalue weighted by molar-refractivity contribution is 7.98. The Balaban J connectivity index is 1.49. The quantitative estimate of drug-likeness (QED) is 0.181. The molecule has 2 N–H and O–H groups in total. The molecule has 0 fully saturated rings. The van der Waals surface area contributed by atoms with Crippen molar-refractivity contribution < 1.29 is 18.7 Å². The standard InChI is InChI=1S/C27H24FN5O4S/c1-37-26(36)20-6-2-17(3-7-20)14-31-24(34)11-23-22(10-19-12-29-16-30-13-19)25(35)33-27(32-23)38-15-18-4-8-21(28)9-5-18/h2-9,12-13,16H,10-11,14-15H2,1H3,(H,31,34)(H,32,33,35). The predicted molar refractivity (Wildman–Crippen MR) is 139 cm³/mol. The number of amides is 1. The summed E-state index contributed by atoms with van der Waals surface area (Å²) in [7, 11) is 1.31. The number of esters is 1. The summed E-state index contributed by atoms with van der Waals surface area (Å²) in [5, 5.41) is 3.18. The van der Waals surface area contributed by atoms with Crippen LogP contribution >= 0.6 is 11.8 Å². The topological polar surface area (TPSA) is 127 Å². The molecule has 0 spiro atoms. The molecular weight excluding hydrogens is 509 g/mol. The first-order chi connectivity index (χ1) is 18.4. The minimum absolute atomic E-state index is 0.114. The van der Waals surface area contributed by atoms with E-state index in [-0.39, 0.29) is 36.7 Å². The number of nitrogens with one attached hydrogen (secondary N) is 2. The Hall–Kier alpha value is -4.38. The fourth-order valence-electron chi connectivity index (χ4n) is 3.57. The minimum Gasteiger partial charge on any atom is -0.465 e. The molecule has 11 heteroatoms. The summed E-state index contributed by atoms with van der Waals surface area (Å²) >= 11 is 1.28. The molecular formula is C27H24FN5O4S. The Morgan fingerprint density at radius 1 is 1.00 bits per heavy atom. The van der Waals surface area contributed by atoms with Crippen LogP contribution in [0.3, 0.4) is 0 Å². The number of H-pyrrole nitrogens is 1. The van der Waals surface area contributed by atoms with Crippen molar-refractivity contribution in [1.29, 1.82) is 0 Å². The zero-order valence-corrected chi connectivity index (χ0v) is 21.3. The molecule has 2 aromatic heterocycles. The van der Waals surface area contributed by atoms with Gasteiger partial charge in [-0.15, -0.1) is 0 Å². The van der Waals surface area contributed by atoms with Crippen molar-refractivity contribution in [2.75, 3.05) is 7.11 Å². The van der Waals surface area contributed by atoms with Gasteiger partial charge in [0.25, 0.3) is 5.56 Å². The Kier molecular flexibility index (Phi) is 8.94. The lowest BCUT2D eigenvalue weighted by Gasteiger charge is -2.11. The summed E-state index contributed by atoms with van der Waals surface area (Å²) in [6.07, 6.45) is 4.70. The number of aromatic amines is 1. The van der Waals surface area contributed by atoms with Crippen LogP contribution in [0.5, 0.6) is 0 Å². The van der Waals surface area contributed by atoms with Gasteiger partial charge in [-0.25, -0.2) is 24.1 Å². The SMILES string of the molecule is COC(=O)c1ccc(CNC(=O)Cc2nc(SCc3ccc(F)cc3)[nH]c(=O)c2Cc2cncnc2)cc1. The van der Waals surface area contributed by atoms with Crippen LogP contribution in [0, 0.1) is 5.82 Å². The second kappa shape index (κ2) is 12.7. The number of hydrogen-bond donors (Lipinski definition) is 2. The number of benzene rings is 2. The van der Waals surface area contributed by atoms with Gasteiger partial charge in [0.15, 0.2) is 5.16 Å². The van der Waals surface area contributed by atoms with Crippen LogP contribution in [-0.4, -0.2) is 38.9 Å². The highest BCUT2D eigenvalue weighted by Gasteiger charge is 2.17. The summed E-state index contributed by atoms with van der Waals surface area (Å²) in [5.41, 5.74) is 3.12. The largest absolute Gasteiger partial charge is 0.465 e. The summed E-state index contributed by atoms with van der Waals surface area (Å²) in [4.78, 5) is 52.8. The van der Waals surface area contributed by atoms with Gasteiger partial charge in [-0.05, 0) is 41.0 Å². The van der Waals surface area contributed by atoms with Crippen molar-refractivity contribution in [3.8, 4) is 0 Å². The maximum atomic E-state index is 13.2. The van der Waals surface area contributed by atoms with Crippen molar-refractivity contribution >= 4 is 23.6 Å². The van der Waals surface area contributed by atoms with Crippen molar-refractivity contribution in [2.45, 2.75) is 30.3 Å². The van der Waals surface area contributed by atoms with E-state index in [1.54, 1.807) is 48.8 Å². The zero-order valence-electron chi connectivity index (χ0n) is 20.4. The normalized spacial score (nSPS) is 10.7. The van der Waals surface area contributed by atoms with Gasteiger partial charge in [0, 0.05) is 36.7 Å². The molecule has 4 rings (SSSR count). The smallest absolute Gasteiger partial charge is 0.337 e. The second-order valence-corrected chi connectivity index (χ2v) is 9.24. The van der Waals surface area contributed by atoms with Crippen LogP contribution in [0.15, 0.2) is 77.2 Å². The van der Waals surface area contributed by atoms with Crippen LogP contribution in [-0.2, 0) is 34.7 Å². The lowest BCUT2D eigenvalue weighted by Crippen LogP contribution is -2.28. The van der Waals surface area contributed by atoms with Gasteiger partial charge in [0.05, 0.1) is 24.8 Å². The van der Waals surface area contributed by atoms with Crippen molar-refractivity contribution in [3.05, 3.63) is 117 Å². The monoisotopic (exact) mass is 533 g/mol. The van der Waals surface area contributed by atoms with Crippen molar-refractivity contribution in [1.82, 2.24) is 25.3 Å². The maximum absolute atomic E-state index is 13.2. The number of methoxy groups -OCH3 is 1. The third-order valence-corrected chi connectivity index (χ3v) is 6.50. The number of carbonyl (C=O) groups is 2. The van der Waals surface area contributed by atoms with E-state index in [1.807, 2.05) is 0 Å². The van der Waals surface area contributed by atoms with Gasteiger partial charge in [-0.1, -0.05) is 36.0 Å². The van der Waals surface area contributed by atoms with Gasteiger partial charge in [-0.2, -0.15) is 0 Å². The molecule has 194 valence electrons. The third-order valence-electron chi connectivity index (χ3n) is 5.56. The van der Waals surface area contributed by atoms with E-state index in [0.717, 1.165) is 11.1 Å². The van der Waals surface area contributed by atoms with Gasteiger partial charge < -0.3 is 15.0 Å². The van der Waals surface area contributed by atoms with Crippen LogP contribution in [0.2, 0.25) is 0 Å². The fraction of sp³-hybridized carbons (Fsp3) is 0.185. The number of hydrogen-bond acceptors (Lipinski definition) is 8. The summed E-state index contributed by atoms with van der Waals surface area (Å²) < 4.78 is 17.9. The summed E-state index contributed by atoms with van der Waals surface area (Å²) in [6, 6.07) is 12.8. The molecule has 2 aromatic carbocycles. The molecule has 0 atom stereocenters. The van der Waals surface area contributed by atoms with E-state index in [0.29, 0.717) is 33.3 Å². The molecule has 9 nitrogen and oxygen atoms in total. The number of rotatable bonds is 10. The van der Waals surface area contributed by atoms with Crippen LogP contribution < -0.4 is 10.9 Å². The maximum Gasteiger partial charge on any atom is 0.337 e. The number of ether oxygens (including phenoxy) is 1. The Morgan fingerprint density at radius 2 is 1.68 bits per heavy atom. The van der Waals surface area contributed by atoms with Crippen LogP contribution in [0.4, 0.5) is 4.39 Å². The average molecular weight is 534 g/mol. The molecule has 0 saturated heterocycles. The Labute approximate surface area is 221 Å². The van der Waals surface area contributed by atoms with Crippen molar-refractivity contribution in [2.24, 2.45) is 0 Å². The van der Waals surface area contributed by atoms with Gasteiger partial charge in [0.1, 0.15) is 12.1 Å². The molecule has 0 radical (unpaired) electrons. The van der Waals surface area contributed by atoms with E-state index < -0.39 is 5.97 Å². The fourth-order valence-corrected chi connectivity index (χ4v) is 4.40.